The first-order chi connectivity index (χ1) is 13.8. The number of benzene rings is 2. The van der Waals surface area contributed by atoms with Crippen LogP contribution >= 0.6 is 0 Å². The zero-order chi connectivity index (χ0) is 21.0. The van der Waals surface area contributed by atoms with E-state index in [1.54, 1.807) is 31.2 Å². The van der Waals surface area contributed by atoms with Crippen LogP contribution in [-0.2, 0) is 9.59 Å². The van der Waals surface area contributed by atoms with E-state index in [0.29, 0.717) is 22.6 Å². The number of carbonyl (C=O) groups is 2. The summed E-state index contributed by atoms with van der Waals surface area (Å²) in [6, 6.07) is 9.27. The number of hydrogen-bond donors (Lipinski definition) is 3. The minimum absolute atomic E-state index is 0.0256. The Hall–Kier alpha value is -3.66. The van der Waals surface area contributed by atoms with Gasteiger partial charge in [0.2, 0.25) is 6.79 Å². The number of aliphatic hydroxyl groups excluding tert-OH is 1. The van der Waals surface area contributed by atoms with Crippen LogP contribution < -0.4 is 20.1 Å². The van der Waals surface area contributed by atoms with Crippen molar-refractivity contribution in [3.05, 3.63) is 57.6 Å². The molecule has 29 heavy (non-hydrogen) atoms. The predicted octanol–water partition coefficient (Wildman–Crippen LogP) is 1.81. The highest BCUT2D eigenvalue weighted by Crippen LogP contribution is 2.34. The van der Waals surface area contributed by atoms with Crippen LogP contribution in [0, 0.1) is 17.0 Å². The summed E-state index contributed by atoms with van der Waals surface area (Å²) in [5.74, 6) is -0.868. The predicted molar refractivity (Wildman–Crippen MR) is 102 cm³/mol. The Morgan fingerprint density at radius 2 is 1.93 bits per heavy atom. The van der Waals surface area contributed by atoms with E-state index < -0.39 is 22.8 Å². The quantitative estimate of drug-likeness (QED) is 0.381. The van der Waals surface area contributed by atoms with Crippen LogP contribution in [0.4, 0.5) is 11.4 Å². The Kier molecular flexibility index (Phi) is 5.93. The maximum Gasteiger partial charge on any atom is 0.313 e. The lowest BCUT2D eigenvalue weighted by atomic mass is 10.1. The molecule has 1 aliphatic rings. The molecule has 2 aromatic rings. The number of ether oxygens (including phenoxy) is 2. The summed E-state index contributed by atoms with van der Waals surface area (Å²) < 4.78 is 10.5. The van der Waals surface area contributed by atoms with Crippen molar-refractivity contribution >= 4 is 23.2 Å². The summed E-state index contributed by atoms with van der Waals surface area (Å²) in [5.41, 5.74) is 0.866. The molecule has 0 bridgehead atoms. The van der Waals surface area contributed by atoms with Gasteiger partial charge in [-0.15, -0.1) is 0 Å². The Morgan fingerprint density at radius 1 is 1.17 bits per heavy atom. The van der Waals surface area contributed by atoms with Crippen molar-refractivity contribution in [3.63, 3.8) is 0 Å². The lowest BCUT2D eigenvalue weighted by Crippen LogP contribution is -2.36. The maximum atomic E-state index is 12.0. The van der Waals surface area contributed by atoms with Gasteiger partial charge in [0.25, 0.3) is 5.69 Å². The number of fused-ring (bicyclic) bond motifs is 1. The molecule has 0 saturated carbocycles. The number of anilines is 1. The molecule has 152 valence electrons. The van der Waals surface area contributed by atoms with E-state index in [1.807, 2.05) is 0 Å². The van der Waals surface area contributed by atoms with E-state index in [0.717, 1.165) is 0 Å². The van der Waals surface area contributed by atoms with Crippen molar-refractivity contribution in [2.45, 2.75) is 19.4 Å². The molecule has 1 atom stereocenters. The van der Waals surface area contributed by atoms with Crippen LogP contribution in [0.3, 0.4) is 0 Å². The summed E-state index contributed by atoms with van der Waals surface area (Å²) in [6.45, 7) is 1.83. The summed E-state index contributed by atoms with van der Waals surface area (Å²) >= 11 is 0. The number of carbonyl (C=O) groups excluding carboxylic acids is 2. The van der Waals surface area contributed by atoms with Gasteiger partial charge in [-0.3, -0.25) is 19.7 Å². The number of amides is 2. The molecule has 2 amide bonds. The van der Waals surface area contributed by atoms with Crippen LogP contribution in [0.25, 0.3) is 0 Å². The average Bonchev–Trinajstić information content (AvgIpc) is 3.16. The molecule has 0 fully saturated rings. The molecule has 3 N–H and O–H groups in total. The molecule has 1 aliphatic heterocycles. The van der Waals surface area contributed by atoms with E-state index >= 15 is 0 Å². The van der Waals surface area contributed by atoms with Gasteiger partial charge in [0.05, 0.1) is 11.0 Å². The highest BCUT2D eigenvalue weighted by atomic mass is 16.7. The summed E-state index contributed by atoms with van der Waals surface area (Å²) in [6.07, 6.45) is -0.727. The van der Waals surface area contributed by atoms with E-state index in [4.69, 9.17) is 9.47 Å². The summed E-state index contributed by atoms with van der Waals surface area (Å²) in [7, 11) is 0. The zero-order valence-electron chi connectivity index (χ0n) is 15.5. The van der Waals surface area contributed by atoms with E-state index in [-0.39, 0.29) is 31.1 Å². The van der Waals surface area contributed by atoms with Crippen LogP contribution in [0.1, 0.15) is 23.7 Å². The first kappa shape index (κ1) is 20.1. The lowest BCUT2D eigenvalue weighted by molar-refractivity contribution is -0.384. The van der Waals surface area contributed by atoms with Gasteiger partial charge in [-0.05, 0) is 42.7 Å². The Morgan fingerprint density at radius 3 is 2.69 bits per heavy atom. The van der Waals surface area contributed by atoms with E-state index in [2.05, 4.69) is 10.6 Å². The molecule has 0 spiro atoms. The fourth-order valence-corrected chi connectivity index (χ4v) is 2.77. The van der Waals surface area contributed by atoms with Gasteiger partial charge in [-0.2, -0.15) is 0 Å². The number of hydrogen-bond acceptors (Lipinski definition) is 7. The molecule has 1 heterocycles. The van der Waals surface area contributed by atoms with Crippen LogP contribution in [-0.4, -0.2) is 35.2 Å². The largest absolute Gasteiger partial charge is 0.454 e. The molecular formula is C19H19N3O7. The molecule has 1 unspecified atom stereocenters. The summed E-state index contributed by atoms with van der Waals surface area (Å²) in [5, 5.41) is 25.9. The monoisotopic (exact) mass is 401 g/mol. The average molecular weight is 401 g/mol. The van der Waals surface area contributed by atoms with Crippen molar-refractivity contribution in [1.29, 1.82) is 0 Å². The minimum atomic E-state index is -1.03. The van der Waals surface area contributed by atoms with E-state index in [1.165, 1.54) is 12.1 Å². The zero-order valence-corrected chi connectivity index (χ0v) is 15.5. The number of aryl methyl sites for hydroxylation is 1. The topological polar surface area (TPSA) is 140 Å². The number of nitro benzene ring substituents is 1. The lowest BCUT2D eigenvalue weighted by Gasteiger charge is -2.12. The fraction of sp³-hybridized carbons (Fsp3) is 0.263. The van der Waals surface area contributed by atoms with Gasteiger partial charge < -0.3 is 25.2 Å². The minimum Gasteiger partial charge on any atom is -0.454 e. The fourth-order valence-electron chi connectivity index (χ4n) is 2.77. The van der Waals surface area contributed by atoms with Crippen molar-refractivity contribution in [2.24, 2.45) is 0 Å². The van der Waals surface area contributed by atoms with Gasteiger partial charge in [-0.1, -0.05) is 12.1 Å². The smallest absolute Gasteiger partial charge is 0.313 e. The van der Waals surface area contributed by atoms with Gasteiger partial charge in [0.1, 0.15) is 5.69 Å². The summed E-state index contributed by atoms with van der Waals surface area (Å²) in [4.78, 5) is 34.4. The number of nitrogens with one attached hydrogen (secondary N) is 2. The van der Waals surface area contributed by atoms with Gasteiger partial charge in [0, 0.05) is 12.6 Å². The Bertz CT molecular complexity index is 961. The van der Waals surface area contributed by atoms with Crippen LogP contribution in [0.2, 0.25) is 0 Å². The van der Waals surface area contributed by atoms with Gasteiger partial charge in [-0.25, -0.2) is 0 Å². The number of rotatable bonds is 6. The molecule has 10 heteroatoms. The van der Waals surface area contributed by atoms with Crippen LogP contribution in [0.15, 0.2) is 36.4 Å². The molecular weight excluding hydrogens is 382 g/mol. The van der Waals surface area contributed by atoms with Crippen molar-refractivity contribution in [3.8, 4) is 11.5 Å². The molecule has 0 saturated heterocycles. The van der Waals surface area contributed by atoms with Gasteiger partial charge >= 0.3 is 11.8 Å². The SMILES string of the molecule is Cc1ccc(NC(=O)C(=O)NCCC(O)c2ccc3c(c2)OCO3)c([N+](=O)[O-])c1. The standard InChI is InChI=1S/C19H19N3O7/c1-11-2-4-13(14(8-11)22(26)27)21-19(25)18(24)20-7-6-15(23)12-3-5-16-17(9-12)29-10-28-16/h2-5,8-9,15,23H,6-7,10H2,1H3,(H,20,24)(H,21,25). The third kappa shape index (κ3) is 4.79. The second-order valence-electron chi connectivity index (χ2n) is 6.40. The van der Waals surface area contributed by atoms with Crippen molar-refractivity contribution in [2.75, 3.05) is 18.7 Å². The van der Waals surface area contributed by atoms with E-state index in [9.17, 15) is 24.8 Å². The molecule has 10 nitrogen and oxygen atoms in total. The first-order valence-corrected chi connectivity index (χ1v) is 8.77. The second kappa shape index (κ2) is 8.57. The van der Waals surface area contributed by atoms with Crippen molar-refractivity contribution < 1.29 is 29.1 Å². The number of aliphatic hydroxyl groups is 1. The van der Waals surface area contributed by atoms with Crippen LogP contribution in [0.5, 0.6) is 11.5 Å². The molecule has 0 radical (unpaired) electrons. The number of nitro groups is 1. The third-order valence-corrected chi connectivity index (χ3v) is 4.29. The van der Waals surface area contributed by atoms with Crippen molar-refractivity contribution in [1.82, 2.24) is 5.32 Å². The molecule has 2 aromatic carbocycles. The molecule has 0 aliphatic carbocycles. The maximum absolute atomic E-state index is 12.0. The van der Waals surface area contributed by atoms with Gasteiger partial charge in [0.15, 0.2) is 11.5 Å². The third-order valence-electron chi connectivity index (χ3n) is 4.29. The Labute approximate surface area is 165 Å². The molecule has 0 aromatic heterocycles. The second-order valence-corrected chi connectivity index (χ2v) is 6.40. The highest BCUT2D eigenvalue weighted by molar-refractivity contribution is 6.39. The normalized spacial score (nSPS) is 12.9. The molecule has 3 rings (SSSR count). The number of nitrogens with zero attached hydrogens (tertiary/aromatic N) is 1. The first-order valence-electron chi connectivity index (χ1n) is 8.77. The Balaban J connectivity index is 1.52. The highest BCUT2D eigenvalue weighted by Gasteiger charge is 2.21.